The van der Waals surface area contributed by atoms with Crippen LogP contribution in [-0.2, 0) is 11.8 Å². The molecule has 0 unspecified atom stereocenters. The van der Waals surface area contributed by atoms with Crippen molar-refractivity contribution < 1.29 is 0 Å². The van der Waals surface area contributed by atoms with Gasteiger partial charge in [-0.2, -0.15) is 0 Å². The first-order chi connectivity index (χ1) is 9.20. The summed E-state index contributed by atoms with van der Waals surface area (Å²) in [6.07, 6.45) is 1.11. The molecule has 2 aromatic rings. The molecule has 1 nitrogen and oxygen atoms in total. The zero-order valence-electron chi connectivity index (χ0n) is 11.1. The molecule has 1 fully saturated rings. The Hall–Kier alpha value is -1.12. The van der Waals surface area contributed by atoms with Gasteiger partial charge in [-0.15, -0.1) is 0 Å². The Morgan fingerprint density at radius 2 is 1.74 bits per heavy atom. The SMILES string of the molecule is Cc1ccccc1C1(Cc2ccc(Br)cc2)CNC1. The van der Waals surface area contributed by atoms with E-state index in [9.17, 15) is 0 Å². The van der Waals surface area contributed by atoms with Crippen LogP contribution in [0.15, 0.2) is 53.0 Å². The fourth-order valence-electron chi connectivity index (χ4n) is 3.00. The van der Waals surface area contributed by atoms with Gasteiger partial charge in [0, 0.05) is 23.0 Å². The third-order valence-electron chi connectivity index (χ3n) is 4.10. The van der Waals surface area contributed by atoms with E-state index in [1.807, 2.05) is 0 Å². The lowest BCUT2D eigenvalue weighted by Gasteiger charge is -2.44. The zero-order chi connectivity index (χ0) is 13.3. The van der Waals surface area contributed by atoms with E-state index in [4.69, 9.17) is 0 Å². The first-order valence-electron chi connectivity index (χ1n) is 6.71. The van der Waals surface area contributed by atoms with Gasteiger partial charge in [0.25, 0.3) is 0 Å². The van der Waals surface area contributed by atoms with Crippen molar-refractivity contribution in [3.63, 3.8) is 0 Å². The number of hydrogen-bond acceptors (Lipinski definition) is 1. The first kappa shape index (κ1) is 12.9. The zero-order valence-corrected chi connectivity index (χ0v) is 12.7. The van der Waals surface area contributed by atoms with Crippen molar-refractivity contribution in [2.75, 3.05) is 13.1 Å². The van der Waals surface area contributed by atoms with Gasteiger partial charge in [0.05, 0.1) is 0 Å². The second kappa shape index (κ2) is 5.10. The topological polar surface area (TPSA) is 12.0 Å². The van der Waals surface area contributed by atoms with Crippen molar-refractivity contribution in [2.24, 2.45) is 0 Å². The van der Waals surface area contributed by atoms with E-state index in [1.54, 1.807) is 0 Å². The summed E-state index contributed by atoms with van der Waals surface area (Å²) in [6.45, 7) is 4.37. The number of halogens is 1. The van der Waals surface area contributed by atoms with Crippen LogP contribution in [-0.4, -0.2) is 13.1 Å². The van der Waals surface area contributed by atoms with Gasteiger partial charge >= 0.3 is 0 Å². The largest absolute Gasteiger partial charge is 0.315 e. The second-order valence-corrected chi connectivity index (χ2v) is 6.42. The molecule has 1 heterocycles. The third-order valence-corrected chi connectivity index (χ3v) is 4.63. The van der Waals surface area contributed by atoms with Crippen molar-refractivity contribution in [1.29, 1.82) is 0 Å². The van der Waals surface area contributed by atoms with Crippen molar-refractivity contribution in [3.05, 3.63) is 69.7 Å². The average molecular weight is 316 g/mol. The molecule has 2 aromatic carbocycles. The summed E-state index contributed by atoms with van der Waals surface area (Å²) in [7, 11) is 0. The van der Waals surface area contributed by atoms with Crippen molar-refractivity contribution in [2.45, 2.75) is 18.8 Å². The highest BCUT2D eigenvalue weighted by Crippen LogP contribution is 2.34. The molecule has 0 spiro atoms. The maximum absolute atomic E-state index is 3.50. The van der Waals surface area contributed by atoms with E-state index in [2.05, 4.69) is 76.7 Å². The number of nitrogens with one attached hydrogen (secondary N) is 1. The van der Waals surface area contributed by atoms with Crippen LogP contribution in [0.5, 0.6) is 0 Å². The fraction of sp³-hybridized carbons (Fsp3) is 0.294. The summed E-state index contributed by atoms with van der Waals surface area (Å²) < 4.78 is 1.15. The summed E-state index contributed by atoms with van der Waals surface area (Å²) in [5.74, 6) is 0. The molecule has 3 rings (SSSR count). The third kappa shape index (κ3) is 2.47. The summed E-state index contributed by atoms with van der Waals surface area (Å²) in [4.78, 5) is 0. The van der Waals surface area contributed by atoms with Crippen LogP contribution in [0.3, 0.4) is 0 Å². The summed E-state index contributed by atoms with van der Waals surface area (Å²) in [6, 6.07) is 17.5. The van der Waals surface area contributed by atoms with Gasteiger partial charge in [0.2, 0.25) is 0 Å². The number of benzene rings is 2. The Kier molecular flexibility index (Phi) is 3.46. The molecule has 1 aliphatic heterocycles. The summed E-state index contributed by atoms with van der Waals surface area (Å²) >= 11 is 3.50. The molecule has 0 atom stereocenters. The lowest BCUT2D eigenvalue weighted by Crippen LogP contribution is -2.58. The van der Waals surface area contributed by atoms with Crippen LogP contribution in [0, 0.1) is 6.92 Å². The standard InChI is InChI=1S/C17H18BrN/c1-13-4-2-3-5-16(13)17(11-19-12-17)10-14-6-8-15(18)9-7-14/h2-9,19H,10-12H2,1H3. The molecule has 0 aromatic heterocycles. The first-order valence-corrected chi connectivity index (χ1v) is 7.50. The average Bonchev–Trinajstić information content (AvgIpc) is 2.37. The van der Waals surface area contributed by atoms with Gasteiger partial charge in [-0.1, -0.05) is 52.3 Å². The van der Waals surface area contributed by atoms with E-state index in [1.165, 1.54) is 16.7 Å². The van der Waals surface area contributed by atoms with Crippen molar-refractivity contribution in [3.8, 4) is 0 Å². The van der Waals surface area contributed by atoms with Crippen molar-refractivity contribution in [1.82, 2.24) is 5.32 Å². The van der Waals surface area contributed by atoms with Gasteiger partial charge in [-0.05, 0) is 42.2 Å². The minimum absolute atomic E-state index is 0.277. The summed E-state index contributed by atoms with van der Waals surface area (Å²) in [5, 5.41) is 3.45. The van der Waals surface area contributed by atoms with Gasteiger partial charge in [-0.3, -0.25) is 0 Å². The Balaban J connectivity index is 1.92. The Morgan fingerprint density at radius 1 is 1.05 bits per heavy atom. The van der Waals surface area contributed by atoms with Crippen LogP contribution >= 0.6 is 15.9 Å². The number of rotatable bonds is 3. The highest BCUT2D eigenvalue weighted by atomic mass is 79.9. The van der Waals surface area contributed by atoms with E-state index in [-0.39, 0.29) is 5.41 Å². The molecule has 1 N–H and O–H groups in total. The monoisotopic (exact) mass is 315 g/mol. The minimum atomic E-state index is 0.277. The lowest BCUT2D eigenvalue weighted by molar-refractivity contribution is 0.273. The van der Waals surface area contributed by atoms with Crippen LogP contribution in [0.2, 0.25) is 0 Å². The lowest BCUT2D eigenvalue weighted by atomic mass is 9.69. The van der Waals surface area contributed by atoms with Gasteiger partial charge < -0.3 is 5.32 Å². The van der Waals surface area contributed by atoms with E-state index in [0.29, 0.717) is 0 Å². The highest BCUT2D eigenvalue weighted by Gasteiger charge is 2.39. The molecular formula is C17H18BrN. The molecule has 0 amide bonds. The van der Waals surface area contributed by atoms with E-state index < -0.39 is 0 Å². The van der Waals surface area contributed by atoms with Crippen LogP contribution in [0.4, 0.5) is 0 Å². The predicted molar refractivity (Wildman–Crippen MR) is 83.6 cm³/mol. The molecule has 19 heavy (non-hydrogen) atoms. The molecular weight excluding hydrogens is 298 g/mol. The molecule has 1 saturated heterocycles. The van der Waals surface area contributed by atoms with Crippen LogP contribution in [0.25, 0.3) is 0 Å². The van der Waals surface area contributed by atoms with Crippen LogP contribution < -0.4 is 5.32 Å². The van der Waals surface area contributed by atoms with Crippen molar-refractivity contribution >= 4 is 15.9 Å². The van der Waals surface area contributed by atoms with Gasteiger partial charge in [0.1, 0.15) is 0 Å². The molecule has 0 saturated carbocycles. The quantitative estimate of drug-likeness (QED) is 0.907. The molecule has 0 aliphatic carbocycles. The van der Waals surface area contributed by atoms with Crippen LogP contribution in [0.1, 0.15) is 16.7 Å². The number of hydrogen-bond donors (Lipinski definition) is 1. The number of aryl methyl sites for hydroxylation is 1. The van der Waals surface area contributed by atoms with Gasteiger partial charge in [-0.25, -0.2) is 0 Å². The Labute approximate surface area is 123 Å². The second-order valence-electron chi connectivity index (χ2n) is 5.50. The van der Waals surface area contributed by atoms with E-state index >= 15 is 0 Å². The Morgan fingerprint density at radius 3 is 2.32 bits per heavy atom. The maximum atomic E-state index is 3.50. The smallest absolute Gasteiger partial charge is 0.0245 e. The van der Waals surface area contributed by atoms with E-state index in [0.717, 1.165) is 24.0 Å². The fourth-order valence-corrected chi connectivity index (χ4v) is 3.26. The Bertz CT molecular complexity index is 570. The normalized spacial score (nSPS) is 16.9. The molecule has 0 bridgehead atoms. The molecule has 1 aliphatic rings. The highest BCUT2D eigenvalue weighted by molar-refractivity contribution is 9.10. The molecule has 0 radical (unpaired) electrons. The van der Waals surface area contributed by atoms with Gasteiger partial charge in [0.15, 0.2) is 0 Å². The molecule has 2 heteroatoms. The predicted octanol–water partition coefficient (Wildman–Crippen LogP) is 3.84. The maximum Gasteiger partial charge on any atom is 0.0245 e. The molecule has 98 valence electrons. The summed E-state index contributed by atoms with van der Waals surface area (Å²) in [5.41, 5.74) is 4.59. The minimum Gasteiger partial charge on any atom is -0.315 e.